The Balaban J connectivity index is 1.73. The summed E-state index contributed by atoms with van der Waals surface area (Å²) in [6.07, 6.45) is 3.54. The Kier molecular flexibility index (Phi) is 4.07. The number of aromatic amines is 1. The number of pyridine rings is 2. The molecule has 3 aromatic heterocycles. The molecule has 0 spiro atoms. The van der Waals surface area contributed by atoms with Crippen LogP contribution in [0, 0.1) is 0 Å². The van der Waals surface area contributed by atoms with Gasteiger partial charge in [0, 0.05) is 45.6 Å². The zero-order valence-electron chi connectivity index (χ0n) is 15.1. The van der Waals surface area contributed by atoms with Crippen LogP contribution in [-0.2, 0) is 6.54 Å². The summed E-state index contributed by atoms with van der Waals surface area (Å²) in [5, 5.41) is 16.2. The number of aromatic carboxylic acids is 1. The number of carbonyl (C=O) groups is 1. The molecular weight excluding hydrogens is 388 g/mol. The number of carboxylic acids is 1. The van der Waals surface area contributed by atoms with E-state index in [9.17, 15) is 9.90 Å². The molecule has 0 aliphatic rings. The Labute approximate surface area is 170 Å². The first kappa shape index (κ1) is 17.5. The second-order valence-corrected chi connectivity index (χ2v) is 7.21. The van der Waals surface area contributed by atoms with Crippen LogP contribution in [0.2, 0.25) is 5.02 Å². The number of hydrogen-bond acceptors (Lipinski definition) is 4. The van der Waals surface area contributed by atoms with Crippen LogP contribution in [0.1, 0.15) is 15.9 Å². The van der Waals surface area contributed by atoms with Gasteiger partial charge in [-0.1, -0.05) is 29.8 Å². The minimum Gasteiger partial charge on any atom is -0.478 e. The van der Waals surface area contributed by atoms with Crippen molar-refractivity contribution in [1.82, 2.24) is 15.0 Å². The van der Waals surface area contributed by atoms with Gasteiger partial charge in [-0.25, -0.2) is 9.78 Å². The van der Waals surface area contributed by atoms with Gasteiger partial charge in [-0.2, -0.15) is 0 Å². The summed E-state index contributed by atoms with van der Waals surface area (Å²) in [5.74, 6) is -0.339. The highest BCUT2D eigenvalue weighted by Gasteiger charge is 2.15. The van der Waals surface area contributed by atoms with E-state index in [1.807, 2.05) is 30.3 Å². The minimum absolute atomic E-state index is 0.197. The summed E-state index contributed by atoms with van der Waals surface area (Å²) in [7, 11) is 0. The van der Waals surface area contributed by atoms with E-state index >= 15 is 0 Å². The van der Waals surface area contributed by atoms with E-state index in [2.05, 4.69) is 15.3 Å². The molecule has 0 radical (unpaired) electrons. The minimum atomic E-state index is -0.983. The van der Waals surface area contributed by atoms with Crippen molar-refractivity contribution >= 4 is 56.1 Å². The number of carboxylic acid groups (broad SMARTS) is 1. The molecule has 0 saturated heterocycles. The van der Waals surface area contributed by atoms with Gasteiger partial charge in [-0.05, 0) is 35.9 Å². The number of nitrogens with one attached hydrogen (secondary N) is 2. The largest absolute Gasteiger partial charge is 0.478 e. The van der Waals surface area contributed by atoms with Crippen LogP contribution in [0.5, 0.6) is 0 Å². The normalized spacial score (nSPS) is 11.3. The Morgan fingerprint density at radius 3 is 2.86 bits per heavy atom. The van der Waals surface area contributed by atoms with Crippen LogP contribution in [0.15, 0.2) is 60.9 Å². The molecule has 0 bridgehead atoms. The number of aromatic nitrogens is 3. The fraction of sp³-hybridized carbons (Fsp3) is 0.0455. The highest BCUT2D eigenvalue weighted by atomic mass is 35.5. The Hall–Kier alpha value is -3.64. The first-order valence-electron chi connectivity index (χ1n) is 9.01. The summed E-state index contributed by atoms with van der Waals surface area (Å²) in [6, 6.07) is 14.5. The predicted octanol–water partition coefficient (Wildman–Crippen LogP) is 5.23. The third kappa shape index (κ3) is 3.03. The lowest BCUT2D eigenvalue weighted by molar-refractivity contribution is 0.0697. The Morgan fingerprint density at radius 2 is 2.03 bits per heavy atom. The van der Waals surface area contributed by atoms with E-state index in [0.717, 1.165) is 32.8 Å². The van der Waals surface area contributed by atoms with E-state index in [-0.39, 0.29) is 5.56 Å². The molecule has 3 N–H and O–H groups in total. The molecule has 7 heteroatoms. The first-order chi connectivity index (χ1) is 14.1. The SMILES string of the molecule is O=C(O)c1ccc2c(c1)nc(NCc1cccc(Cl)c1)c1[nH]c3ccncc3c12. The average Bonchev–Trinajstić information content (AvgIpc) is 3.11. The van der Waals surface area contributed by atoms with Crippen LogP contribution >= 0.6 is 11.6 Å². The van der Waals surface area contributed by atoms with Crippen molar-refractivity contribution in [2.75, 3.05) is 5.32 Å². The number of benzene rings is 2. The summed E-state index contributed by atoms with van der Waals surface area (Å²) in [4.78, 5) is 23.8. The van der Waals surface area contributed by atoms with Crippen molar-refractivity contribution in [3.8, 4) is 0 Å². The van der Waals surface area contributed by atoms with Crippen molar-refractivity contribution in [2.45, 2.75) is 6.54 Å². The number of rotatable bonds is 4. The van der Waals surface area contributed by atoms with Gasteiger partial charge in [0.05, 0.1) is 16.6 Å². The quantitative estimate of drug-likeness (QED) is 0.383. The summed E-state index contributed by atoms with van der Waals surface area (Å²) >= 11 is 6.09. The average molecular weight is 403 g/mol. The molecule has 0 amide bonds. The van der Waals surface area contributed by atoms with E-state index < -0.39 is 5.97 Å². The van der Waals surface area contributed by atoms with Gasteiger partial charge in [0.15, 0.2) is 5.82 Å². The van der Waals surface area contributed by atoms with Crippen molar-refractivity contribution in [1.29, 1.82) is 0 Å². The van der Waals surface area contributed by atoms with E-state index in [1.54, 1.807) is 30.6 Å². The molecule has 5 rings (SSSR count). The number of hydrogen-bond donors (Lipinski definition) is 3. The Bertz CT molecular complexity index is 1410. The molecule has 0 aliphatic carbocycles. The molecule has 0 unspecified atom stereocenters. The molecule has 3 heterocycles. The summed E-state index contributed by atoms with van der Waals surface area (Å²) < 4.78 is 0. The summed E-state index contributed by atoms with van der Waals surface area (Å²) in [5.41, 5.74) is 3.62. The standard InChI is InChI=1S/C22H15ClN4O2/c23-14-3-1-2-12(8-14)10-25-21-20-19(16-11-24-7-6-17(16)26-20)15-5-4-13(22(28)29)9-18(15)27-21/h1-9,11,26H,10H2,(H,25,27)(H,28,29). The lowest BCUT2D eigenvalue weighted by atomic mass is 10.1. The maximum absolute atomic E-state index is 11.4. The van der Waals surface area contributed by atoms with E-state index in [4.69, 9.17) is 16.6 Å². The van der Waals surface area contributed by atoms with Gasteiger partial charge in [-0.15, -0.1) is 0 Å². The third-order valence-electron chi connectivity index (χ3n) is 4.93. The maximum Gasteiger partial charge on any atom is 0.335 e. The van der Waals surface area contributed by atoms with Crippen molar-refractivity contribution in [2.24, 2.45) is 0 Å². The number of H-pyrrole nitrogens is 1. The third-order valence-corrected chi connectivity index (χ3v) is 5.17. The lowest BCUT2D eigenvalue weighted by Gasteiger charge is -2.10. The monoisotopic (exact) mass is 402 g/mol. The number of anilines is 1. The lowest BCUT2D eigenvalue weighted by Crippen LogP contribution is -2.03. The zero-order valence-corrected chi connectivity index (χ0v) is 15.9. The van der Waals surface area contributed by atoms with Gasteiger partial charge in [-0.3, -0.25) is 4.98 Å². The molecule has 6 nitrogen and oxygen atoms in total. The number of halogens is 1. The van der Waals surface area contributed by atoms with E-state index in [0.29, 0.717) is 22.9 Å². The molecule has 2 aromatic carbocycles. The van der Waals surface area contributed by atoms with Crippen LogP contribution in [-0.4, -0.2) is 26.0 Å². The molecule has 0 aliphatic heterocycles. The fourth-order valence-corrected chi connectivity index (χ4v) is 3.81. The van der Waals surface area contributed by atoms with Crippen molar-refractivity contribution < 1.29 is 9.90 Å². The van der Waals surface area contributed by atoms with Crippen molar-refractivity contribution in [3.63, 3.8) is 0 Å². The second kappa shape index (κ2) is 6.76. The van der Waals surface area contributed by atoms with Gasteiger partial charge < -0.3 is 15.4 Å². The molecule has 29 heavy (non-hydrogen) atoms. The van der Waals surface area contributed by atoms with Crippen LogP contribution in [0.4, 0.5) is 5.82 Å². The molecule has 142 valence electrons. The Morgan fingerprint density at radius 1 is 1.14 bits per heavy atom. The maximum atomic E-state index is 11.4. The molecule has 0 fully saturated rings. The van der Waals surface area contributed by atoms with Crippen LogP contribution < -0.4 is 5.32 Å². The number of nitrogens with zero attached hydrogens (tertiary/aromatic N) is 2. The molecule has 0 saturated carbocycles. The second-order valence-electron chi connectivity index (χ2n) is 6.78. The fourth-order valence-electron chi connectivity index (χ4n) is 3.60. The summed E-state index contributed by atoms with van der Waals surface area (Å²) in [6.45, 7) is 0.528. The van der Waals surface area contributed by atoms with Gasteiger partial charge in [0.1, 0.15) is 0 Å². The highest BCUT2D eigenvalue weighted by Crippen LogP contribution is 2.35. The van der Waals surface area contributed by atoms with Gasteiger partial charge in [0.25, 0.3) is 0 Å². The van der Waals surface area contributed by atoms with Gasteiger partial charge >= 0.3 is 5.97 Å². The van der Waals surface area contributed by atoms with E-state index in [1.165, 1.54) is 0 Å². The molecule has 0 atom stereocenters. The highest BCUT2D eigenvalue weighted by molar-refractivity contribution is 6.30. The van der Waals surface area contributed by atoms with Crippen molar-refractivity contribution in [3.05, 3.63) is 77.1 Å². The topological polar surface area (TPSA) is 90.9 Å². The molecular formula is C22H15ClN4O2. The van der Waals surface area contributed by atoms with Crippen LogP contribution in [0.25, 0.3) is 32.7 Å². The van der Waals surface area contributed by atoms with Crippen LogP contribution in [0.3, 0.4) is 0 Å². The number of fused-ring (bicyclic) bond motifs is 5. The van der Waals surface area contributed by atoms with Gasteiger partial charge in [0.2, 0.25) is 0 Å². The smallest absolute Gasteiger partial charge is 0.335 e. The first-order valence-corrected chi connectivity index (χ1v) is 9.39. The molecule has 5 aromatic rings. The predicted molar refractivity (Wildman–Crippen MR) is 115 cm³/mol. The zero-order chi connectivity index (χ0) is 20.0.